The van der Waals surface area contributed by atoms with E-state index < -0.39 is 17.8 Å². The molecule has 7 heteroatoms. The summed E-state index contributed by atoms with van der Waals surface area (Å²) in [5.74, 6) is -1.86. The van der Waals surface area contributed by atoms with Crippen LogP contribution in [0.1, 0.15) is 16.8 Å². The van der Waals surface area contributed by atoms with Gasteiger partial charge in [0.2, 0.25) is 0 Å². The number of carbonyl (C=O) groups excluding carboxylic acids is 1. The van der Waals surface area contributed by atoms with E-state index in [1.165, 1.54) is 4.90 Å². The predicted molar refractivity (Wildman–Crippen MR) is 69.4 cm³/mol. The molecule has 2 N–H and O–H groups in total. The Bertz CT molecular complexity index is 529. The van der Waals surface area contributed by atoms with E-state index in [-0.39, 0.29) is 17.3 Å². The van der Waals surface area contributed by atoms with Crippen molar-refractivity contribution in [3.8, 4) is 0 Å². The van der Waals surface area contributed by atoms with Crippen molar-refractivity contribution in [2.75, 3.05) is 25.6 Å². The molecule has 1 fully saturated rings. The summed E-state index contributed by atoms with van der Waals surface area (Å²) in [5, 5.41) is 11.2. The predicted octanol–water partition coefficient (Wildman–Crippen LogP) is 1.78. The molecule has 1 aliphatic rings. The van der Waals surface area contributed by atoms with Gasteiger partial charge in [-0.05, 0) is 24.6 Å². The van der Waals surface area contributed by atoms with Crippen LogP contribution in [-0.2, 0) is 4.74 Å². The second-order valence-electron chi connectivity index (χ2n) is 4.56. The van der Waals surface area contributed by atoms with Crippen LogP contribution in [-0.4, -0.2) is 48.3 Å². The van der Waals surface area contributed by atoms with Crippen LogP contribution in [0.5, 0.6) is 0 Å². The van der Waals surface area contributed by atoms with Gasteiger partial charge in [-0.2, -0.15) is 0 Å². The fraction of sp³-hybridized carbons (Fsp3) is 0.385. The Labute approximate surface area is 115 Å². The standard InChI is InChI=1S/C13H15FN2O4/c1-16(9-4-5-20-7-9)13(19)15-11-6-8(12(17)18)2-3-10(11)14/h2-3,6,9H,4-5,7H2,1H3,(H,15,19)(H,17,18). The van der Waals surface area contributed by atoms with E-state index in [4.69, 9.17) is 9.84 Å². The monoisotopic (exact) mass is 282 g/mol. The maximum atomic E-state index is 13.6. The normalized spacial score (nSPS) is 17.8. The molecule has 1 aromatic rings. The van der Waals surface area contributed by atoms with Crippen LogP contribution in [0.15, 0.2) is 18.2 Å². The highest BCUT2D eigenvalue weighted by atomic mass is 19.1. The third kappa shape index (κ3) is 3.05. The van der Waals surface area contributed by atoms with Gasteiger partial charge in [-0.25, -0.2) is 14.0 Å². The van der Waals surface area contributed by atoms with Crippen LogP contribution in [0, 0.1) is 5.82 Å². The van der Waals surface area contributed by atoms with E-state index in [0.29, 0.717) is 13.2 Å². The Hall–Kier alpha value is -2.15. The highest BCUT2D eigenvalue weighted by Gasteiger charge is 2.24. The number of ether oxygens (including phenoxy) is 1. The van der Waals surface area contributed by atoms with Gasteiger partial charge in [0.15, 0.2) is 0 Å². The summed E-state index contributed by atoms with van der Waals surface area (Å²) in [6, 6.07) is 2.69. The summed E-state index contributed by atoms with van der Waals surface area (Å²) in [7, 11) is 1.59. The Morgan fingerprint density at radius 1 is 1.50 bits per heavy atom. The molecule has 0 spiro atoms. The molecule has 6 nitrogen and oxygen atoms in total. The Kier molecular flexibility index (Phi) is 4.19. The van der Waals surface area contributed by atoms with Crippen molar-refractivity contribution in [1.82, 2.24) is 4.90 Å². The molecular weight excluding hydrogens is 267 g/mol. The fourth-order valence-electron chi connectivity index (χ4n) is 1.95. The number of likely N-dealkylation sites (N-methyl/N-ethyl adjacent to an activating group) is 1. The molecular formula is C13H15FN2O4. The summed E-state index contributed by atoms with van der Waals surface area (Å²) in [5.41, 5.74) is -0.241. The van der Waals surface area contributed by atoms with Crippen molar-refractivity contribution in [1.29, 1.82) is 0 Å². The summed E-state index contributed by atoms with van der Waals surface area (Å²) in [6.07, 6.45) is 0.724. The van der Waals surface area contributed by atoms with Crippen molar-refractivity contribution in [2.45, 2.75) is 12.5 Å². The molecule has 2 amide bonds. The number of carboxylic acid groups (broad SMARTS) is 1. The number of amides is 2. The van der Waals surface area contributed by atoms with E-state index in [9.17, 15) is 14.0 Å². The molecule has 0 radical (unpaired) electrons. The molecule has 1 aromatic carbocycles. The highest BCUT2D eigenvalue weighted by Crippen LogP contribution is 2.18. The van der Waals surface area contributed by atoms with E-state index in [1.54, 1.807) is 7.05 Å². The fourth-order valence-corrected chi connectivity index (χ4v) is 1.95. The van der Waals surface area contributed by atoms with Crippen molar-refractivity contribution in [2.24, 2.45) is 0 Å². The van der Waals surface area contributed by atoms with Crippen LogP contribution in [0.4, 0.5) is 14.9 Å². The molecule has 2 rings (SSSR count). The highest BCUT2D eigenvalue weighted by molar-refractivity contribution is 5.93. The molecule has 1 heterocycles. The Morgan fingerprint density at radius 3 is 2.85 bits per heavy atom. The first-order valence-corrected chi connectivity index (χ1v) is 6.13. The zero-order chi connectivity index (χ0) is 14.7. The summed E-state index contributed by atoms with van der Waals surface area (Å²) >= 11 is 0. The number of benzene rings is 1. The van der Waals surface area contributed by atoms with E-state index in [2.05, 4.69) is 5.32 Å². The molecule has 0 aromatic heterocycles. The number of anilines is 1. The number of urea groups is 1. The van der Waals surface area contributed by atoms with Crippen LogP contribution < -0.4 is 5.32 Å². The van der Waals surface area contributed by atoms with Crippen molar-refractivity contribution in [3.63, 3.8) is 0 Å². The molecule has 1 saturated heterocycles. The molecule has 1 atom stereocenters. The Morgan fingerprint density at radius 2 is 2.25 bits per heavy atom. The SMILES string of the molecule is CN(C(=O)Nc1cc(C(=O)O)ccc1F)C1CCOC1. The van der Waals surface area contributed by atoms with Gasteiger partial charge in [0.25, 0.3) is 0 Å². The van der Waals surface area contributed by atoms with Crippen LogP contribution in [0.3, 0.4) is 0 Å². The van der Waals surface area contributed by atoms with E-state index in [0.717, 1.165) is 24.6 Å². The maximum Gasteiger partial charge on any atom is 0.335 e. The van der Waals surface area contributed by atoms with Crippen molar-refractivity contribution in [3.05, 3.63) is 29.6 Å². The molecule has 0 aliphatic carbocycles. The zero-order valence-electron chi connectivity index (χ0n) is 10.9. The van der Waals surface area contributed by atoms with Crippen molar-refractivity contribution >= 4 is 17.7 Å². The Balaban J connectivity index is 2.10. The van der Waals surface area contributed by atoms with Crippen LogP contribution in [0.2, 0.25) is 0 Å². The number of rotatable bonds is 3. The first-order valence-electron chi connectivity index (χ1n) is 6.13. The van der Waals surface area contributed by atoms with E-state index in [1.807, 2.05) is 0 Å². The smallest absolute Gasteiger partial charge is 0.335 e. The number of nitrogens with zero attached hydrogens (tertiary/aromatic N) is 1. The molecule has 1 unspecified atom stereocenters. The first kappa shape index (κ1) is 14.3. The average Bonchev–Trinajstić information content (AvgIpc) is 2.94. The van der Waals surface area contributed by atoms with Gasteiger partial charge in [0.1, 0.15) is 5.82 Å². The maximum absolute atomic E-state index is 13.6. The number of nitrogens with one attached hydrogen (secondary N) is 1. The topological polar surface area (TPSA) is 78.9 Å². The lowest BCUT2D eigenvalue weighted by Crippen LogP contribution is -2.40. The minimum absolute atomic E-state index is 0.0549. The lowest BCUT2D eigenvalue weighted by atomic mass is 10.2. The lowest BCUT2D eigenvalue weighted by molar-refractivity contribution is 0.0697. The second kappa shape index (κ2) is 5.87. The average molecular weight is 282 g/mol. The van der Waals surface area contributed by atoms with Gasteiger partial charge in [0.05, 0.1) is 23.9 Å². The lowest BCUT2D eigenvalue weighted by Gasteiger charge is -2.23. The summed E-state index contributed by atoms with van der Waals surface area (Å²) in [4.78, 5) is 24.2. The third-order valence-corrected chi connectivity index (χ3v) is 3.23. The quantitative estimate of drug-likeness (QED) is 0.885. The number of aromatic carboxylic acids is 1. The number of carboxylic acids is 1. The van der Waals surface area contributed by atoms with Gasteiger partial charge < -0.3 is 20.1 Å². The van der Waals surface area contributed by atoms with Gasteiger partial charge in [-0.15, -0.1) is 0 Å². The van der Waals surface area contributed by atoms with Gasteiger partial charge in [-0.3, -0.25) is 0 Å². The number of hydrogen-bond donors (Lipinski definition) is 2. The van der Waals surface area contributed by atoms with Gasteiger partial charge >= 0.3 is 12.0 Å². The number of hydrogen-bond acceptors (Lipinski definition) is 3. The molecule has 1 aliphatic heterocycles. The van der Waals surface area contributed by atoms with Crippen LogP contribution >= 0.6 is 0 Å². The minimum atomic E-state index is -1.18. The molecule has 0 saturated carbocycles. The summed E-state index contributed by atoms with van der Waals surface area (Å²) in [6.45, 7) is 1.03. The molecule has 20 heavy (non-hydrogen) atoms. The molecule has 0 bridgehead atoms. The largest absolute Gasteiger partial charge is 0.478 e. The number of halogens is 1. The molecule has 108 valence electrons. The third-order valence-electron chi connectivity index (χ3n) is 3.23. The summed E-state index contributed by atoms with van der Waals surface area (Å²) < 4.78 is 18.8. The van der Waals surface area contributed by atoms with Gasteiger partial charge in [-0.1, -0.05) is 0 Å². The first-order chi connectivity index (χ1) is 9.49. The van der Waals surface area contributed by atoms with E-state index >= 15 is 0 Å². The van der Waals surface area contributed by atoms with Crippen LogP contribution in [0.25, 0.3) is 0 Å². The zero-order valence-corrected chi connectivity index (χ0v) is 10.9. The van der Waals surface area contributed by atoms with Crippen molar-refractivity contribution < 1.29 is 23.8 Å². The minimum Gasteiger partial charge on any atom is -0.478 e. The number of carbonyl (C=O) groups is 2. The van der Waals surface area contributed by atoms with Gasteiger partial charge in [0, 0.05) is 13.7 Å². The second-order valence-corrected chi connectivity index (χ2v) is 4.56.